The molecule has 152 valence electrons. The van der Waals surface area contributed by atoms with E-state index in [1.54, 1.807) is 0 Å². The van der Waals surface area contributed by atoms with Gasteiger partial charge < -0.3 is 24.2 Å². The van der Waals surface area contributed by atoms with Crippen LogP contribution >= 0.6 is 0 Å². The van der Waals surface area contributed by atoms with Crippen LogP contribution in [-0.2, 0) is 17.8 Å². The van der Waals surface area contributed by atoms with Gasteiger partial charge in [0, 0.05) is 19.0 Å². The average molecular weight is 398 g/mol. The number of amides is 2. The highest BCUT2D eigenvalue weighted by Crippen LogP contribution is 2.29. The molecular formula is C17H20F2N4O5. The topological polar surface area (TPSA) is 107 Å². The van der Waals surface area contributed by atoms with Crippen LogP contribution in [-0.4, -0.2) is 54.2 Å². The monoisotopic (exact) mass is 398 g/mol. The third kappa shape index (κ3) is 5.63. The molecule has 2 aromatic rings. The number of rotatable bonds is 9. The average Bonchev–Trinajstić information content (AvgIpc) is 3.13. The summed E-state index contributed by atoms with van der Waals surface area (Å²) >= 11 is 0. The Bertz CT molecular complexity index is 828. The Labute approximate surface area is 159 Å². The molecule has 2 amide bonds. The number of carbonyl (C=O) groups is 2. The van der Waals surface area contributed by atoms with Gasteiger partial charge in [0.1, 0.15) is 0 Å². The van der Waals surface area contributed by atoms with Crippen molar-refractivity contribution in [2.24, 2.45) is 0 Å². The molecule has 0 unspecified atom stereocenters. The Morgan fingerprint density at radius 2 is 2.07 bits per heavy atom. The number of aryl methyl sites for hydroxylation is 1. The predicted octanol–water partition coefficient (Wildman–Crippen LogP) is 1.63. The van der Waals surface area contributed by atoms with Crippen molar-refractivity contribution in [2.45, 2.75) is 26.5 Å². The Morgan fingerprint density at radius 1 is 1.32 bits per heavy atom. The van der Waals surface area contributed by atoms with Gasteiger partial charge in [0.15, 0.2) is 17.3 Å². The summed E-state index contributed by atoms with van der Waals surface area (Å²) in [6.07, 6.45) is 0.613. The minimum atomic E-state index is -3.02. The Hall–Kier alpha value is -3.24. The standard InChI is InChI=1S/C17H20F2N4O5/c1-4-13-21-14(28-22-13)9-23(2)15(24)8-20-16(25)10-5-6-11(27-17(18)19)12(7-10)26-3/h5-7,17H,4,8-9H2,1-3H3,(H,20,25). The first-order valence-corrected chi connectivity index (χ1v) is 8.30. The fourth-order valence-electron chi connectivity index (χ4n) is 2.18. The van der Waals surface area contributed by atoms with Gasteiger partial charge in [-0.15, -0.1) is 0 Å². The first-order valence-electron chi connectivity index (χ1n) is 8.30. The maximum Gasteiger partial charge on any atom is 0.387 e. The number of methoxy groups -OCH3 is 1. The zero-order valence-electron chi connectivity index (χ0n) is 15.6. The molecule has 28 heavy (non-hydrogen) atoms. The molecule has 0 fully saturated rings. The van der Waals surface area contributed by atoms with E-state index in [0.717, 1.165) is 0 Å². The number of halogens is 2. The Kier molecular flexibility index (Phi) is 7.24. The normalized spacial score (nSPS) is 10.6. The van der Waals surface area contributed by atoms with Gasteiger partial charge in [0.2, 0.25) is 11.8 Å². The van der Waals surface area contributed by atoms with Crippen LogP contribution in [0.4, 0.5) is 8.78 Å². The van der Waals surface area contributed by atoms with Crippen LogP contribution in [0.3, 0.4) is 0 Å². The first kappa shape index (κ1) is 21.1. The second kappa shape index (κ2) is 9.62. The molecule has 0 spiro atoms. The van der Waals surface area contributed by atoms with Crippen molar-refractivity contribution < 1.29 is 32.4 Å². The molecule has 1 heterocycles. The first-order chi connectivity index (χ1) is 13.3. The van der Waals surface area contributed by atoms with E-state index in [0.29, 0.717) is 18.1 Å². The zero-order valence-corrected chi connectivity index (χ0v) is 15.6. The predicted molar refractivity (Wildman–Crippen MR) is 92.1 cm³/mol. The Balaban J connectivity index is 1.92. The molecule has 0 aliphatic carbocycles. The van der Waals surface area contributed by atoms with E-state index < -0.39 is 12.5 Å². The summed E-state index contributed by atoms with van der Waals surface area (Å²) < 4.78 is 38.9. The van der Waals surface area contributed by atoms with E-state index in [2.05, 4.69) is 20.2 Å². The van der Waals surface area contributed by atoms with Gasteiger partial charge >= 0.3 is 6.61 Å². The maximum absolute atomic E-state index is 12.3. The minimum Gasteiger partial charge on any atom is -0.493 e. The van der Waals surface area contributed by atoms with Crippen LogP contribution in [0.2, 0.25) is 0 Å². The van der Waals surface area contributed by atoms with E-state index >= 15 is 0 Å². The van der Waals surface area contributed by atoms with Crippen molar-refractivity contribution in [3.8, 4) is 11.5 Å². The maximum atomic E-state index is 12.3. The number of nitrogens with one attached hydrogen (secondary N) is 1. The van der Waals surface area contributed by atoms with Gasteiger partial charge in [-0.25, -0.2) is 0 Å². The van der Waals surface area contributed by atoms with Gasteiger partial charge in [-0.05, 0) is 18.2 Å². The number of benzene rings is 1. The molecular weight excluding hydrogens is 378 g/mol. The highest BCUT2D eigenvalue weighted by molar-refractivity contribution is 5.97. The molecule has 0 radical (unpaired) electrons. The molecule has 9 nitrogen and oxygen atoms in total. The van der Waals surface area contributed by atoms with Crippen molar-refractivity contribution in [3.05, 3.63) is 35.5 Å². The fourth-order valence-corrected chi connectivity index (χ4v) is 2.18. The molecule has 0 bridgehead atoms. The fraction of sp³-hybridized carbons (Fsp3) is 0.412. The third-order valence-corrected chi connectivity index (χ3v) is 3.67. The molecule has 0 saturated heterocycles. The van der Waals surface area contributed by atoms with E-state index in [4.69, 9.17) is 9.26 Å². The van der Waals surface area contributed by atoms with Gasteiger partial charge in [-0.2, -0.15) is 13.8 Å². The third-order valence-electron chi connectivity index (χ3n) is 3.67. The zero-order chi connectivity index (χ0) is 20.7. The molecule has 0 aliphatic heterocycles. The number of hydrogen-bond donors (Lipinski definition) is 1. The van der Waals surface area contributed by atoms with Crippen LogP contribution in [0.5, 0.6) is 11.5 Å². The van der Waals surface area contributed by atoms with Crippen molar-refractivity contribution in [3.63, 3.8) is 0 Å². The highest BCUT2D eigenvalue weighted by Gasteiger charge is 2.17. The van der Waals surface area contributed by atoms with E-state index in [1.165, 1.54) is 37.3 Å². The highest BCUT2D eigenvalue weighted by atomic mass is 19.3. The quantitative estimate of drug-likeness (QED) is 0.684. The van der Waals surface area contributed by atoms with Gasteiger partial charge in [-0.1, -0.05) is 12.1 Å². The van der Waals surface area contributed by atoms with Crippen molar-refractivity contribution in [1.82, 2.24) is 20.4 Å². The Morgan fingerprint density at radius 3 is 2.68 bits per heavy atom. The number of carbonyl (C=O) groups excluding carboxylic acids is 2. The molecule has 11 heteroatoms. The summed E-state index contributed by atoms with van der Waals surface area (Å²) in [7, 11) is 2.79. The number of aromatic nitrogens is 2. The molecule has 0 saturated carbocycles. The molecule has 2 rings (SSSR count). The van der Waals surface area contributed by atoms with Gasteiger partial charge in [-0.3, -0.25) is 9.59 Å². The van der Waals surface area contributed by atoms with Gasteiger partial charge in [0.05, 0.1) is 20.2 Å². The van der Waals surface area contributed by atoms with Gasteiger partial charge in [0.25, 0.3) is 5.91 Å². The number of nitrogens with zero attached hydrogens (tertiary/aromatic N) is 3. The van der Waals surface area contributed by atoms with Crippen LogP contribution in [0.1, 0.15) is 29.0 Å². The smallest absolute Gasteiger partial charge is 0.387 e. The van der Waals surface area contributed by atoms with Crippen LogP contribution < -0.4 is 14.8 Å². The number of ether oxygens (including phenoxy) is 2. The van der Waals surface area contributed by atoms with Crippen molar-refractivity contribution in [1.29, 1.82) is 0 Å². The molecule has 1 N–H and O–H groups in total. The molecule has 1 aromatic heterocycles. The summed E-state index contributed by atoms with van der Waals surface area (Å²) in [4.78, 5) is 29.8. The van der Waals surface area contributed by atoms with E-state index in [9.17, 15) is 18.4 Å². The summed E-state index contributed by atoms with van der Waals surface area (Å²) in [6.45, 7) is -1.31. The van der Waals surface area contributed by atoms with Crippen LogP contribution in [0.15, 0.2) is 22.7 Å². The summed E-state index contributed by atoms with van der Waals surface area (Å²) in [6, 6.07) is 3.72. The lowest BCUT2D eigenvalue weighted by atomic mass is 10.2. The largest absolute Gasteiger partial charge is 0.493 e. The van der Waals surface area contributed by atoms with E-state index in [1.807, 2.05) is 6.92 Å². The van der Waals surface area contributed by atoms with E-state index in [-0.39, 0.29) is 36.1 Å². The summed E-state index contributed by atoms with van der Waals surface area (Å²) in [5.74, 6) is -0.352. The summed E-state index contributed by atoms with van der Waals surface area (Å²) in [5, 5.41) is 6.19. The number of alkyl halides is 2. The lowest BCUT2D eigenvalue weighted by Gasteiger charge is -2.15. The summed E-state index contributed by atoms with van der Waals surface area (Å²) in [5.41, 5.74) is 0.124. The lowest BCUT2D eigenvalue weighted by molar-refractivity contribution is -0.129. The van der Waals surface area contributed by atoms with Crippen LogP contribution in [0.25, 0.3) is 0 Å². The second-order valence-corrected chi connectivity index (χ2v) is 5.63. The lowest BCUT2D eigenvalue weighted by Crippen LogP contribution is -2.37. The molecule has 1 aromatic carbocycles. The van der Waals surface area contributed by atoms with Crippen molar-refractivity contribution in [2.75, 3.05) is 20.7 Å². The second-order valence-electron chi connectivity index (χ2n) is 5.63. The van der Waals surface area contributed by atoms with Crippen LogP contribution in [0, 0.1) is 0 Å². The van der Waals surface area contributed by atoms with Crippen molar-refractivity contribution >= 4 is 11.8 Å². The molecule has 0 aliphatic rings. The SMILES string of the molecule is CCc1noc(CN(C)C(=O)CNC(=O)c2ccc(OC(F)F)c(OC)c2)n1. The minimum absolute atomic E-state index is 0.0282. The molecule has 0 atom stereocenters. The number of hydrogen-bond acceptors (Lipinski definition) is 7. The number of likely N-dealkylation sites (N-methyl/N-ethyl adjacent to an activating group) is 1.